The van der Waals surface area contributed by atoms with Gasteiger partial charge in [-0.2, -0.15) is 0 Å². The van der Waals surface area contributed by atoms with Gasteiger partial charge in [-0.25, -0.2) is 9.59 Å². The van der Waals surface area contributed by atoms with Crippen LogP contribution in [0.15, 0.2) is 30.3 Å². The maximum absolute atomic E-state index is 12.0. The highest BCUT2D eigenvalue weighted by atomic mass is 16.6. The molecule has 23 heavy (non-hydrogen) atoms. The molecule has 0 aromatic heterocycles. The molecule has 0 aliphatic carbocycles. The first-order valence-electron chi connectivity index (χ1n) is 7.79. The van der Waals surface area contributed by atoms with Gasteiger partial charge in [0.25, 0.3) is 0 Å². The van der Waals surface area contributed by atoms with Crippen LogP contribution in [-0.2, 0) is 25.4 Å². The standard InChI is InChI=1S/C17H23NO5/c1-3-22-16(19)12-23-15-10-14(18(11-15)17(20)21-2)9-13-7-5-4-6-8-13/h4-8,14-15H,3,9-12H2,1-2H3/t14-,15-/m1/s1. The smallest absolute Gasteiger partial charge is 0.409 e. The van der Waals surface area contributed by atoms with Gasteiger partial charge < -0.3 is 19.1 Å². The van der Waals surface area contributed by atoms with Crippen LogP contribution in [0.4, 0.5) is 4.79 Å². The predicted octanol–water partition coefficient (Wildman–Crippen LogP) is 2.02. The fourth-order valence-corrected chi connectivity index (χ4v) is 2.80. The summed E-state index contributed by atoms with van der Waals surface area (Å²) in [5.41, 5.74) is 1.15. The molecule has 2 rings (SSSR count). The summed E-state index contributed by atoms with van der Waals surface area (Å²) >= 11 is 0. The number of benzene rings is 1. The van der Waals surface area contributed by atoms with Gasteiger partial charge in [-0.05, 0) is 25.3 Å². The predicted molar refractivity (Wildman–Crippen MR) is 84.0 cm³/mol. The first-order valence-corrected chi connectivity index (χ1v) is 7.79. The Kier molecular flexibility index (Phi) is 6.40. The second kappa shape index (κ2) is 8.53. The lowest BCUT2D eigenvalue weighted by Crippen LogP contribution is -2.37. The Morgan fingerprint density at radius 3 is 2.65 bits per heavy atom. The number of rotatable bonds is 6. The van der Waals surface area contributed by atoms with Gasteiger partial charge in [-0.15, -0.1) is 0 Å². The Morgan fingerprint density at radius 2 is 2.00 bits per heavy atom. The second-order valence-electron chi connectivity index (χ2n) is 5.44. The van der Waals surface area contributed by atoms with Crippen molar-refractivity contribution in [3.8, 4) is 0 Å². The van der Waals surface area contributed by atoms with Crippen LogP contribution in [0.5, 0.6) is 0 Å². The van der Waals surface area contributed by atoms with Crippen LogP contribution in [0.2, 0.25) is 0 Å². The molecule has 0 unspecified atom stereocenters. The van der Waals surface area contributed by atoms with E-state index in [0.717, 1.165) is 12.0 Å². The first-order chi connectivity index (χ1) is 11.1. The molecule has 1 fully saturated rings. The highest BCUT2D eigenvalue weighted by Gasteiger charge is 2.36. The van der Waals surface area contributed by atoms with E-state index in [1.165, 1.54) is 7.11 Å². The highest BCUT2D eigenvalue weighted by Crippen LogP contribution is 2.24. The number of carbonyl (C=O) groups is 2. The lowest BCUT2D eigenvalue weighted by Gasteiger charge is -2.22. The molecule has 1 aliphatic rings. The van der Waals surface area contributed by atoms with E-state index in [1.807, 2.05) is 30.3 Å². The van der Waals surface area contributed by atoms with E-state index in [-0.39, 0.29) is 30.8 Å². The molecule has 0 bridgehead atoms. The Labute approximate surface area is 136 Å². The number of carbonyl (C=O) groups excluding carboxylic acids is 2. The van der Waals surface area contributed by atoms with Crippen LogP contribution in [0.25, 0.3) is 0 Å². The molecule has 0 N–H and O–H groups in total. The van der Waals surface area contributed by atoms with Crippen molar-refractivity contribution in [3.05, 3.63) is 35.9 Å². The number of nitrogens with zero attached hydrogens (tertiary/aromatic N) is 1. The Hall–Kier alpha value is -2.08. The lowest BCUT2D eigenvalue weighted by molar-refractivity contribution is -0.150. The molecular formula is C17H23NO5. The molecule has 6 nitrogen and oxygen atoms in total. The van der Waals surface area contributed by atoms with E-state index in [4.69, 9.17) is 14.2 Å². The average Bonchev–Trinajstić information content (AvgIpc) is 2.96. The molecule has 126 valence electrons. The fraction of sp³-hybridized carbons (Fsp3) is 0.529. The molecule has 1 heterocycles. The van der Waals surface area contributed by atoms with Crippen molar-refractivity contribution in [2.24, 2.45) is 0 Å². The minimum Gasteiger partial charge on any atom is -0.464 e. The normalized spacial score (nSPS) is 20.3. The minimum absolute atomic E-state index is 0.00274. The van der Waals surface area contributed by atoms with Gasteiger partial charge in [0.05, 0.1) is 26.4 Å². The summed E-state index contributed by atoms with van der Waals surface area (Å²) in [4.78, 5) is 25.0. The van der Waals surface area contributed by atoms with E-state index in [0.29, 0.717) is 19.6 Å². The molecule has 0 radical (unpaired) electrons. The van der Waals surface area contributed by atoms with E-state index < -0.39 is 0 Å². The van der Waals surface area contributed by atoms with Crippen LogP contribution >= 0.6 is 0 Å². The Balaban J connectivity index is 1.95. The molecular weight excluding hydrogens is 298 g/mol. The zero-order valence-corrected chi connectivity index (χ0v) is 13.6. The molecule has 0 saturated carbocycles. The fourth-order valence-electron chi connectivity index (χ4n) is 2.80. The third kappa shape index (κ3) is 4.96. The van der Waals surface area contributed by atoms with Gasteiger partial charge in [0.2, 0.25) is 0 Å². The summed E-state index contributed by atoms with van der Waals surface area (Å²) in [5, 5.41) is 0. The van der Waals surface area contributed by atoms with Crippen LogP contribution in [0, 0.1) is 0 Å². The van der Waals surface area contributed by atoms with Crippen LogP contribution in [0.3, 0.4) is 0 Å². The minimum atomic E-state index is -0.386. The van der Waals surface area contributed by atoms with Gasteiger partial charge in [0.1, 0.15) is 6.61 Å². The largest absolute Gasteiger partial charge is 0.464 e. The zero-order chi connectivity index (χ0) is 16.7. The topological polar surface area (TPSA) is 65.1 Å². The van der Waals surface area contributed by atoms with Crippen LogP contribution in [0.1, 0.15) is 18.9 Å². The van der Waals surface area contributed by atoms with Gasteiger partial charge >= 0.3 is 12.1 Å². The van der Waals surface area contributed by atoms with Crippen molar-refractivity contribution in [3.63, 3.8) is 0 Å². The number of hydrogen-bond donors (Lipinski definition) is 0. The number of esters is 1. The number of amides is 1. The van der Waals surface area contributed by atoms with Crippen molar-refractivity contribution in [1.82, 2.24) is 4.90 Å². The van der Waals surface area contributed by atoms with Gasteiger partial charge in [-0.1, -0.05) is 30.3 Å². The zero-order valence-electron chi connectivity index (χ0n) is 13.6. The monoisotopic (exact) mass is 321 g/mol. The van der Waals surface area contributed by atoms with Crippen molar-refractivity contribution >= 4 is 12.1 Å². The Morgan fingerprint density at radius 1 is 1.26 bits per heavy atom. The first kappa shape index (κ1) is 17.3. The summed E-state index contributed by atoms with van der Waals surface area (Å²) < 4.78 is 15.3. The van der Waals surface area contributed by atoms with Crippen molar-refractivity contribution in [1.29, 1.82) is 0 Å². The maximum atomic E-state index is 12.0. The van der Waals surface area contributed by atoms with E-state index in [2.05, 4.69) is 0 Å². The summed E-state index contributed by atoms with van der Waals surface area (Å²) in [6.07, 6.45) is 0.846. The van der Waals surface area contributed by atoms with Crippen molar-refractivity contribution < 1.29 is 23.8 Å². The molecule has 0 spiro atoms. The van der Waals surface area contributed by atoms with Crippen molar-refractivity contribution in [2.45, 2.75) is 31.9 Å². The molecule has 1 saturated heterocycles. The van der Waals surface area contributed by atoms with Gasteiger partial charge in [-0.3, -0.25) is 0 Å². The van der Waals surface area contributed by atoms with E-state index >= 15 is 0 Å². The molecule has 1 aromatic rings. The van der Waals surface area contributed by atoms with Crippen molar-refractivity contribution in [2.75, 3.05) is 26.9 Å². The number of ether oxygens (including phenoxy) is 3. The molecule has 1 aromatic carbocycles. The summed E-state index contributed by atoms with van der Waals surface area (Å²) in [7, 11) is 1.37. The van der Waals surface area contributed by atoms with E-state index in [9.17, 15) is 9.59 Å². The third-order valence-corrected chi connectivity index (χ3v) is 3.84. The van der Waals surface area contributed by atoms with E-state index in [1.54, 1.807) is 11.8 Å². The second-order valence-corrected chi connectivity index (χ2v) is 5.44. The highest BCUT2D eigenvalue weighted by molar-refractivity contribution is 5.70. The molecule has 6 heteroatoms. The summed E-state index contributed by atoms with van der Waals surface area (Å²) in [6.45, 7) is 2.41. The number of hydrogen-bond acceptors (Lipinski definition) is 5. The molecule has 2 atom stereocenters. The van der Waals surface area contributed by atoms with Gasteiger partial charge in [0, 0.05) is 6.04 Å². The SMILES string of the molecule is CCOC(=O)CO[C@@H]1C[C@@H](Cc2ccccc2)N(C(=O)OC)C1. The maximum Gasteiger partial charge on any atom is 0.409 e. The number of methoxy groups -OCH3 is 1. The third-order valence-electron chi connectivity index (χ3n) is 3.84. The summed E-state index contributed by atoms with van der Waals surface area (Å²) in [6, 6.07) is 9.96. The quantitative estimate of drug-likeness (QED) is 0.750. The molecule has 1 aliphatic heterocycles. The van der Waals surface area contributed by atoms with Gasteiger partial charge in [0.15, 0.2) is 0 Å². The summed E-state index contributed by atoms with van der Waals surface area (Å²) in [5.74, 6) is -0.386. The average molecular weight is 321 g/mol. The lowest BCUT2D eigenvalue weighted by atomic mass is 10.0. The van der Waals surface area contributed by atoms with Crippen LogP contribution < -0.4 is 0 Å². The van der Waals surface area contributed by atoms with Crippen LogP contribution in [-0.4, -0.2) is 56.0 Å². The molecule has 1 amide bonds. The Bertz CT molecular complexity index is 519. The number of likely N-dealkylation sites (tertiary alicyclic amines) is 1.